The monoisotopic (exact) mass is 285 g/mol. The Morgan fingerprint density at radius 3 is 2.62 bits per heavy atom. The molecule has 0 aliphatic heterocycles. The molecule has 0 fully saturated rings. The number of methoxy groups -OCH3 is 1. The van der Waals surface area contributed by atoms with Crippen LogP contribution in [0.1, 0.15) is 25.5 Å². The summed E-state index contributed by atoms with van der Waals surface area (Å²) in [5.74, 6) is 1.74. The number of ether oxygens (including phenoxy) is 1. The standard InChI is InChI=1S/C17H23N3O/c1-5-18-13(2)14-10-11-17(19-12-14)20(3)15-8-6-7-9-16(15)21-4/h6-13,18H,5H2,1-4H3. The van der Waals surface area contributed by atoms with Crippen LogP contribution >= 0.6 is 0 Å². The van der Waals surface area contributed by atoms with Crippen LogP contribution in [0.2, 0.25) is 0 Å². The molecule has 1 atom stereocenters. The Morgan fingerprint density at radius 1 is 1.24 bits per heavy atom. The number of hydrogen-bond donors (Lipinski definition) is 1. The maximum Gasteiger partial charge on any atom is 0.142 e. The van der Waals surface area contributed by atoms with Gasteiger partial charge in [0.25, 0.3) is 0 Å². The molecule has 4 heteroatoms. The molecule has 2 aromatic rings. The molecule has 1 heterocycles. The van der Waals surface area contributed by atoms with Gasteiger partial charge in [0.2, 0.25) is 0 Å². The summed E-state index contributed by atoms with van der Waals surface area (Å²) in [5, 5.41) is 3.39. The number of benzene rings is 1. The minimum absolute atomic E-state index is 0.313. The molecule has 1 aromatic carbocycles. The second-order valence-corrected chi connectivity index (χ2v) is 4.96. The van der Waals surface area contributed by atoms with Crippen LogP contribution in [0, 0.1) is 0 Å². The van der Waals surface area contributed by atoms with Crippen molar-refractivity contribution in [1.82, 2.24) is 10.3 Å². The van der Waals surface area contributed by atoms with E-state index in [0.29, 0.717) is 6.04 Å². The number of para-hydroxylation sites is 2. The molecule has 2 rings (SSSR count). The number of rotatable bonds is 6. The second-order valence-electron chi connectivity index (χ2n) is 4.96. The lowest BCUT2D eigenvalue weighted by Gasteiger charge is -2.21. The lowest BCUT2D eigenvalue weighted by molar-refractivity contribution is 0.415. The van der Waals surface area contributed by atoms with E-state index < -0.39 is 0 Å². The smallest absolute Gasteiger partial charge is 0.142 e. The van der Waals surface area contributed by atoms with Crippen molar-refractivity contribution < 1.29 is 4.74 Å². The van der Waals surface area contributed by atoms with E-state index in [0.717, 1.165) is 23.8 Å². The Balaban J connectivity index is 2.22. The Morgan fingerprint density at radius 2 is 2.00 bits per heavy atom. The number of anilines is 2. The largest absolute Gasteiger partial charge is 0.495 e. The molecule has 4 nitrogen and oxygen atoms in total. The van der Waals surface area contributed by atoms with E-state index in [4.69, 9.17) is 4.74 Å². The van der Waals surface area contributed by atoms with Gasteiger partial charge in [0.1, 0.15) is 11.6 Å². The molecule has 1 unspecified atom stereocenters. The summed E-state index contributed by atoms with van der Waals surface area (Å²) in [5.41, 5.74) is 2.19. The van der Waals surface area contributed by atoms with Gasteiger partial charge in [-0.25, -0.2) is 4.98 Å². The summed E-state index contributed by atoms with van der Waals surface area (Å²) in [7, 11) is 3.68. The van der Waals surface area contributed by atoms with E-state index in [-0.39, 0.29) is 0 Å². The third-order valence-corrected chi connectivity index (χ3v) is 3.57. The van der Waals surface area contributed by atoms with Gasteiger partial charge in [-0.05, 0) is 37.2 Å². The average molecular weight is 285 g/mol. The topological polar surface area (TPSA) is 37.4 Å². The molecule has 0 radical (unpaired) electrons. The zero-order chi connectivity index (χ0) is 15.2. The average Bonchev–Trinajstić information content (AvgIpc) is 2.54. The summed E-state index contributed by atoms with van der Waals surface area (Å²) in [6, 6.07) is 12.4. The fourth-order valence-electron chi connectivity index (χ4n) is 2.31. The predicted octanol–water partition coefficient (Wildman–Crippen LogP) is 3.53. The first kappa shape index (κ1) is 15.3. The van der Waals surface area contributed by atoms with Crippen molar-refractivity contribution in [2.45, 2.75) is 19.9 Å². The van der Waals surface area contributed by atoms with Crippen molar-refractivity contribution in [1.29, 1.82) is 0 Å². The Bertz CT molecular complexity index is 569. The van der Waals surface area contributed by atoms with E-state index in [9.17, 15) is 0 Å². The first-order valence-electron chi connectivity index (χ1n) is 7.23. The van der Waals surface area contributed by atoms with Crippen LogP contribution in [-0.4, -0.2) is 25.7 Å². The highest BCUT2D eigenvalue weighted by molar-refractivity contribution is 5.66. The van der Waals surface area contributed by atoms with Gasteiger partial charge in [0, 0.05) is 19.3 Å². The molecule has 1 aromatic heterocycles. The van der Waals surface area contributed by atoms with Gasteiger partial charge in [0.15, 0.2) is 0 Å². The van der Waals surface area contributed by atoms with Crippen molar-refractivity contribution in [3.63, 3.8) is 0 Å². The highest BCUT2D eigenvalue weighted by Crippen LogP contribution is 2.31. The van der Waals surface area contributed by atoms with Crippen molar-refractivity contribution in [3.05, 3.63) is 48.2 Å². The van der Waals surface area contributed by atoms with Crippen molar-refractivity contribution >= 4 is 11.5 Å². The van der Waals surface area contributed by atoms with Gasteiger partial charge in [-0.2, -0.15) is 0 Å². The Labute approximate surface area is 126 Å². The van der Waals surface area contributed by atoms with Crippen LogP contribution in [0.4, 0.5) is 11.5 Å². The zero-order valence-corrected chi connectivity index (χ0v) is 13.1. The lowest BCUT2D eigenvalue weighted by Crippen LogP contribution is -2.18. The molecule has 0 saturated carbocycles. The van der Waals surface area contributed by atoms with Crippen LogP contribution in [0.15, 0.2) is 42.6 Å². The van der Waals surface area contributed by atoms with Gasteiger partial charge in [-0.3, -0.25) is 0 Å². The van der Waals surface area contributed by atoms with Gasteiger partial charge < -0.3 is 15.0 Å². The normalized spacial score (nSPS) is 12.0. The molecular weight excluding hydrogens is 262 g/mol. The maximum absolute atomic E-state index is 5.40. The molecule has 0 amide bonds. The first-order chi connectivity index (χ1) is 10.2. The number of nitrogens with zero attached hydrogens (tertiary/aromatic N) is 2. The van der Waals surface area contributed by atoms with Gasteiger partial charge in [-0.15, -0.1) is 0 Å². The summed E-state index contributed by atoms with van der Waals surface area (Å²) < 4.78 is 5.40. The number of nitrogens with one attached hydrogen (secondary N) is 1. The van der Waals surface area contributed by atoms with Crippen LogP contribution in [0.3, 0.4) is 0 Å². The van der Waals surface area contributed by atoms with E-state index in [1.54, 1.807) is 7.11 Å². The highest BCUT2D eigenvalue weighted by Gasteiger charge is 2.11. The van der Waals surface area contributed by atoms with E-state index in [2.05, 4.69) is 30.2 Å². The van der Waals surface area contributed by atoms with Crippen LogP contribution in [-0.2, 0) is 0 Å². The third kappa shape index (κ3) is 3.52. The fraction of sp³-hybridized carbons (Fsp3) is 0.353. The second kappa shape index (κ2) is 7.09. The molecule has 0 aliphatic rings. The quantitative estimate of drug-likeness (QED) is 0.881. The molecule has 0 spiro atoms. The molecule has 1 N–H and O–H groups in total. The van der Waals surface area contributed by atoms with Gasteiger partial charge in [-0.1, -0.05) is 25.1 Å². The molecule has 0 saturated heterocycles. The van der Waals surface area contributed by atoms with Crippen LogP contribution < -0.4 is 15.0 Å². The van der Waals surface area contributed by atoms with Crippen molar-refractivity contribution in [2.24, 2.45) is 0 Å². The number of aromatic nitrogens is 1. The molecule has 21 heavy (non-hydrogen) atoms. The Hall–Kier alpha value is -2.07. The van der Waals surface area contributed by atoms with Gasteiger partial charge >= 0.3 is 0 Å². The van der Waals surface area contributed by atoms with Gasteiger partial charge in [0.05, 0.1) is 12.8 Å². The number of pyridine rings is 1. The minimum atomic E-state index is 0.313. The van der Waals surface area contributed by atoms with Crippen LogP contribution in [0.25, 0.3) is 0 Å². The molecule has 0 bridgehead atoms. The van der Waals surface area contributed by atoms with Crippen molar-refractivity contribution in [3.8, 4) is 5.75 Å². The minimum Gasteiger partial charge on any atom is -0.495 e. The van der Waals surface area contributed by atoms with Crippen molar-refractivity contribution in [2.75, 3.05) is 25.6 Å². The number of hydrogen-bond acceptors (Lipinski definition) is 4. The first-order valence-corrected chi connectivity index (χ1v) is 7.23. The summed E-state index contributed by atoms with van der Waals surface area (Å²) in [4.78, 5) is 6.59. The van der Waals surface area contributed by atoms with E-state index in [1.165, 1.54) is 5.56 Å². The SMILES string of the molecule is CCNC(C)c1ccc(N(C)c2ccccc2OC)nc1. The summed E-state index contributed by atoms with van der Waals surface area (Å²) in [6.07, 6.45) is 1.93. The van der Waals surface area contributed by atoms with E-state index >= 15 is 0 Å². The highest BCUT2D eigenvalue weighted by atomic mass is 16.5. The summed E-state index contributed by atoms with van der Waals surface area (Å²) >= 11 is 0. The molecular formula is C17H23N3O. The third-order valence-electron chi connectivity index (χ3n) is 3.57. The lowest BCUT2D eigenvalue weighted by atomic mass is 10.1. The fourth-order valence-corrected chi connectivity index (χ4v) is 2.31. The van der Waals surface area contributed by atoms with Crippen LogP contribution in [0.5, 0.6) is 5.75 Å². The predicted molar refractivity (Wildman–Crippen MR) is 87.4 cm³/mol. The Kier molecular flexibility index (Phi) is 5.17. The summed E-state index contributed by atoms with van der Waals surface area (Å²) in [6.45, 7) is 5.20. The molecule has 0 aliphatic carbocycles. The van der Waals surface area contributed by atoms with E-state index in [1.807, 2.05) is 48.5 Å². The zero-order valence-electron chi connectivity index (χ0n) is 13.1. The maximum atomic E-state index is 5.40. The molecule has 112 valence electrons.